The number of Topliss-reactive ketones (excluding diaryl/α,β-unsaturated/α-hetero) is 1. The van der Waals surface area contributed by atoms with E-state index in [1.54, 1.807) is 36.4 Å². The predicted molar refractivity (Wildman–Crippen MR) is 100 cm³/mol. The van der Waals surface area contributed by atoms with E-state index in [0.717, 1.165) is 25.9 Å². The molecule has 0 spiro atoms. The van der Waals surface area contributed by atoms with E-state index in [1.165, 1.54) is 6.92 Å². The molecule has 0 radical (unpaired) electrons. The van der Waals surface area contributed by atoms with Gasteiger partial charge >= 0.3 is 0 Å². The Morgan fingerprint density at radius 1 is 1.11 bits per heavy atom. The molecule has 6 heteroatoms. The third kappa shape index (κ3) is 3.62. The second-order valence-corrected chi connectivity index (χ2v) is 7.41. The van der Waals surface area contributed by atoms with Gasteiger partial charge in [-0.15, -0.1) is 0 Å². The molecule has 2 atom stereocenters. The van der Waals surface area contributed by atoms with Crippen LogP contribution in [0.3, 0.4) is 0 Å². The van der Waals surface area contributed by atoms with Crippen molar-refractivity contribution in [3.63, 3.8) is 0 Å². The minimum Gasteiger partial charge on any atom is -0.426 e. The molecule has 3 aliphatic heterocycles. The zero-order valence-electron chi connectivity index (χ0n) is 15.6. The molecule has 1 aromatic carbocycles. The number of ketones is 1. The third-order valence-electron chi connectivity index (χ3n) is 5.74. The molecular weight excluding hydrogens is 344 g/mol. The highest BCUT2D eigenvalue weighted by molar-refractivity contribution is 5.94. The fourth-order valence-electron chi connectivity index (χ4n) is 4.13. The smallest absolute Gasteiger partial charge is 0.290 e. The van der Waals surface area contributed by atoms with Crippen LogP contribution >= 0.6 is 0 Å². The molecule has 27 heavy (non-hydrogen) atoms. The molecule has 3 saturated heterocycles. The summed E-state index contributed by atoms with van der Waals surface area (Å²) in [5, 5.41) is 3.22. The van der Waals surface area contributed by atoms with Crippen molar-refractivity contribution < 1.29 is 18.7 Å². The zero-order chi connectivity index (χ0) is 19.0. The molecule has 2 aromatic rings. The van der Waals surface area contributed by atoms with E-state index >= 15 is 0 Å². The van der Waals surface area contributed by atoms with Crippen LogP contribution in [-0.2, 0) is 0 Å². The van der Waals surface area contributed by atoms with Crippen LogP contribution in [-0.4, -0.2) is 41.8 Å². The second kappa shape index (κ2) is 7.19. The number of nitrogens with one attached hydrogen (secondary N) is 1. The minimum absolute atomic E-state index is 0.0518. The van der Waals surface area contributed by atoms with Gasteiger partial charge in [-0.2, -0.15) is 0 Å². The normalized spacial score (nSPS) is 26.6. The second-order valence-electron chi connectivity index (χ2n) is 7.41. The summed E-state index contributed by atoms with van der Waals surface area (Å²) < 4.78 is 10.9. The van der Waals surface area contributed by atoms with E-state index in [4.69, 9.17) is 9.15 Å². The van der Waals surface area contributed by atoms with Crippen molar-refractivity contribution in [1.82, 2.24) is 10.2 Å². The summed E-state index contributed by atoms with van der Waals surface area (Å²) >= 11 is 0. The monoisotopic (exact) mass is 368 g/mol. The third-order valence-corrected chi connectivity index (χ3v) is 5.74. The average Bonchev–Trinajstić information content (AvgIpc) is 3.14. The Labute approximate surface area is 158 Å². The van der Waals surface area contributed by atoms with E-state index in [0.29, 0.717) is 23.3 Å². The van der Waals surface area contributed by atoms with E-state index in [1.807, 2.05) is 0 Å². The van der Waals surface area contributed by atoms with Gasteiger partial charge in [-0.1, -0.05) is 0 Å². The molecule has 6 nitrogen and oxygen atoms in total. The van der Waals surface area contributed by atoms with Crippen molar-refractivity contribution in [2.75, 3.05) is 13.1 Å². The molecule has 1 aromatic heterocycles. The van der Waals surface area contributed by atoms with E-state index in [2.05, 4.69) is 17.1 Å². The first kappa shape index (κ1) is 17.8. The highest BCUT2D eigenvalue weighted by atomic mass is 16.6. The summed E-state index contributed by atoms with van der Waals surface area (Å²) in [5.74, 6) is 1.42. The predicted octanol–water partition coefficient (Wildman–Crippen LogP) is 3.49. The van der Waals surface area contributed by atoms with Crippen molar-refractivity contribution in [2.45, 2.75) is 38.8 Å². The van der Waals surface area contributed by atoms with Crippen LogP contribution in [0.25, 0.3) is 0 Å². The Bertz CT molecular complexity index is 832. The molecule has 5 rings (SSSR count). The summed E-state index contributed by atoms with van der Waals surface area (Å²) in [6.07, 6.45) is 2.32. The largest absolute Gasteiger partial charge is 0.426 e. The van der Waals surface area contributed by atoms with Gasteiger partial charge in [0.05, 0.1) is 0 Å². The van der Waals surface area contributed by atoms with Crippen LogP contribution in [0, 0.1) is 5.92 Å². The lowest BCUT2D eigenvalue weighted by atomic mass is 9.79. The van der Waals surface area contributed by atoms with Crippen molar-refractivity contribution in [3.8, 4) is 11.7 Å². The maximum atomic E-state index is 12.7. The minimum atomic E-state index is -0.154. The number of amides is 1. The van der Waals surface area contributed by atoms with Gasteiger partial charge in [0, 0.05) is 30.6 Å². The Kier molecular flexibility index (Phi) is 4.74. The number of fused-ring (bicyclic) bond motifs is 3. The lowest BCUT2D eigenvalue weighted by Gasteiger charge is -2.49. The van der Waals surface area contributed by atoms with Crippen LogP contribution in [0.4, 0.5) is 0 Å². The number of nitrogens with zero attached hydrogens (tertiary/aromatic N) is 1. The fraction of sp³-hybridized carbons (Fsp3) is 0.429. The number of ether oxygens (including phenoxy) is 1. The van der Waals surface area contributed by atoms with Crippen molar-refractivity contribution in [1.29, 1.82) is 0 Å². The summed E-state index contributed by atoms with van der Waals surface area (Å²) in [6.45, 7) is 5.92. The van der Waals surface area contributed by atoms with E-state index in [-0.39, 0.29) is 29.4 Å². The van der Waals surface area contributed by atoms with Crippen LogP contribution < -0.4 is 10.1 Å². The number of hydrogen-bond acceptors (Lipinski definition) is 5. The number of furan rings is 1. The molecule has 2 bridgehead atoms. The van der Waals surface area contributed by atoms with E-state index in [9.17, 15) is 9.59 Å². The molecule has 3 aliphatic rings. The van der Waals surface area contributed by atoms with Gasteiger partial charge in [-0.3, -0.25) is 14.5 Å². The Balaban J connectivity index is 1.39. The van der Waals surface area contributed by atoms with Gasteiger partial charge in [0.15, 0.2) is 11.5 Å². The molecule has 0 aliphatic carbocycles. The summed E-state index contributed by atoms with van der Waals surface area (Å²) in [7, 11) is 0. The highest BCUT2D eigenvalue weighted by Gasteiger charge is 2.40. The molecule has 142 valence electrons. The maximum Gasteiger partial charge on any atom is 0.290 e. The van der Waals surface area contributed by atoms with Gasteiger partial charge in [-0.25, -0.2) is 0 Å². The lowest BCUT2D eigenvalue weighted by Crippen LogP contribution is -2.62. The van der Waals surface area contributed by atoms with Gasteiger partial charge in [0.2, 0.25) is 0 Å². The Morgan fingerprint density at radius 3 is 2.41 bits per heavy atom. The molecule has 1 amide bonds. The summed E-state index contributed by atoms with van der Waals surface area (Å²) in [4.78, 5) is 26.4. The number of carbonyl (C=O) groups excluding carboxylic acids is 2. The number of rotatable bonds is 5. The number of piperidine rings is 3. The Morgan fingerprint density at radius 2 is 1.81 bits per heavy atom. The maximum absolute atomic E-state index is 12.7. The molecule has 0 saturated carbocycles. The fourth-order valence-corrected chi connectivity index (χ4v) is 4.13. The summed E-state index contributed by atoms with van der Waals surface area (Å²) in [6, 6.07) is 10.7. The van der Waals surface area contributed by atoms with Gasteiger partial charge in [-0.05, 0) is 69.1 Å². The van der Waals surface area contributed by atoms with Crippen LogP contribution in [0.15, 0.2) is 40.8 Å². The molecular formula is C21H24N2O4. The van der Waals surface area contributed by atoms with Gasteiger partial charge < -0.3 is 14.5 Å². The molecule has 4 heterocycles. The SMILES string of the molecule is CC(=O)c1ccc(Oc2ccc(C(=O)N[C@@H]3C4CCN(CC4)[C@H]3C)cc2)o1. The van der Waals surface area contributed by atoms with Gasteiger partial charge in [0.1, 0.15) is 5.75 Å². The lowest BCUT2D eigenvalue weighted by molar-refractivity contribution is 0.0217. The molecule has 3 fully saturated rings. The van der Waals surface area contributed by atoms with Crippen molar-refractivity contribution in [2.24, 2.45) is 5.92 Å². The first-order valence-electron chi connectivity index (χ1n) is 9.45. The van der Waals surface area contributed by atoms with Crippen molar-refractivity contribution in [3.05, 3.63) is 47.7 Å². The first-order valence-corrected chi connectivity index (χ1v) is 9.45. The molecule has 0 unspecified atom stereocenters. The van der Waals surface area contributed by atoms with Crippen LogP contribution in [0.5, 0.6) is 11.7 Å². The Hall–Kier alpha value is -2.60. The van der Waals surface area contributed by atoms with Crippen LogP contribution in [0.2, 0.25) is 0 Å². The number of carbonyl (C=O) groups is 2. The molecule has 1 N–H and O–H groups in total. The van der Waals surface area contributed by atoms with E-state index < -0.39 is 0 Å². The zero-order valence-corrected chi connectivity index (χ0v) is 15.6. The van der Waals surface area contributed by atoms with Gasteiger partial charge in [0.25, 0.3) is 11.9 Å². The number of benzene rings is 1. The van der Waals surface area contributed by atoms with Crippen LogP contribution in [0.1, 0.15) is 47.6 Å². The first-order chi connectivity index (χ1) is 13.0. The summed E-state index contributed by atoms with van der Waals surface area (Å²) in [5.41, 5.74) is 0.606. The quantitative estimate of drug-likeness (QED) is 0.818. The standard InChI is InChI=1S/C21H24N2O4/c1-13-20(15-9-11-23(13)12-10-15)22-21(25)16-3-5-17(6-4-16)26-19-8-7-18(27-19)14(2)24/h3-8,13,15,20H,9-12H2,1-2H3,(H,22,25)/t13-,20-/m0/s1. The average molecular weight is 368 g/mol. The topological polar surface area (TPSA) is 71.8 Å². The van der Waals surface area contributed by atoms with Crippen molar-refractivity contribution >= 4 is 11.7 Å². The number of hydrogen-bond donors (Lipinski definition) is 1. The highest BCUT2D eigenvalue weighted by Crippen LogP contribution is 2.32.